The second kappa shape index (κ2) is 77.4. The molecule has 0 aliphatic carbocycles. The van der Waals surface area contributed by atoms with Crippen molar-refractivity contribution in [3.05, 3.63) is 0 Å². The maximum Gasteiger partial charge on any atom is 0.472 e. The molecule has 0 aromatic carbocycles. The van der Waals surface area contributed by atoms with Crippen LogP contribution in [-0.4, -0.2) is 96.7 Å². The average molecular weight is 1540 g/mol. The first kappa shape index (κ1) is 103. The van der Waals surface area contributed by atoms with E-state index in [0.29, 0.717) is 31.6 Å². The molecule has 17 nitrogen and oxygen atoms in total. The number of hydrogen-bond acceptors (Lipinski definition) is 15. The van der Waals surface area contributed by atoms with E-state index in [9.17, 15) is 43.2 Å². The summed E-state index contributed by atoms with van der Waals surface area (Å²) in [7, 11) is -9.93. The van der Waals surface area contributed by atoms with Gasteiger partial charge in [0, 0.05) is 25.7 Å². The number of phosphoric ester groups is 2. The number of carbonyl (C=O) groups excluding carboxylic acids is 4. The highest BCUT2D eigenvalue weighted by atomic mass is 31.2. The number of phosphoric acid groups is 2. The molecule has 0 aromatic heterocycles. The molecule has 0 heterocycles. The van der Waals surface area contributed by atoms with Gasteiger partial charge in [-0.15, -0.1) is 0 Å². The van der Waals surface area contributed by atoms with Gasteiger partial charge >= 0.3 is 39.5 Å². The first-order chi connectivity index (χ1) is 50.9. The van der Waals surface area contributed by atoms with Crippen LogP contribution in [0.2, 0.25) is 0 Å². The number of ether oxygens (including phenoxy) is 4. The molecule has 0 amide bonds. The molecule has 0 bridgehead atoms. The lowest BCUT2D eigenvalue weighted by Crippen LogP contribution is -2.30. The van der Waals surface area contributed by atoms with E-state index in [0.717, 1.165) is 102 Å². The molecule has 0 saturated carbocycles. The molecule has 3 N–H and O–H groups in total. The first-order valence-corrected chi connectivity index (χ1v) is 47.5. The number of esters is 4. The summed E-state index contributed by atoms with van der Waals surface area (Å²) in [6.07, 6.45) is 69.6. The largest absolute Gasteiger partial charge is 0.472 e. The second-order valence-electron chi connectivity index (χ2n) is 31.6. The SMILES string of the molecule is CCCCCCCCCCCCCCCCCCCCCCC(=O)OC[C@H](COP(=O)(O)OC[C@@H](O)COP(=O)(O)OC[C@@H](COC(=O)CCCCCCCCCC(C)C)OC(=O)CCCCCCCCCCCCCCC)OC(=O)CCCCCCCCCCCCCCCCCCCCC(C)CC. The Morgan fingerprint density at radius 1 is 0.276 bits per heavy atom. The highest BCUT2D eigenvalue weighted by Crippen LogP contribution is 2.45. The predicted octanol–water partition coefficient (Wildman–Crippen LogP) is 26.2. The Morgan fingerprint density at radius 2 is 0.486 bits per heavy atom. The minimum atomic E-state index is -4.97. The molecule has 0 rings (SSSR count). The van der Waals surface area contributed by atoms with Crippen molar-refractivity contribution in [2.45, 2.75) is 477 Å². The molecular formula is C86H168O17P2. The third kappa shape index (κ3) is 78.5. The van der Waals surface area contributed by atoms with Gasteiger partial charge in [-0.1, -0.05) is 408 Å². The molecule has 105 heavy (non-hydrogen) atoms. The Balaban J connectivity index is 5.20. The minimum Gasteiger partial charge on any atom is -0.462 e. The number of hydrogen-bond donors (Lipinski definition) is 3. The van der Waals surface area contributed by atoms with Gasteiger partial charge in [0.25, 0.3) is 0 Å². The fourth-order valence-corrected chi connectivity index (χ4v) is 15.0. The molecule has 0 aliphatic rings. The van der Waals surface area contributed by atoms with Crippen LogP contribution in [0.25, 0.3) is 0 Å². The van der Waals surface area contributed by atoms with Gasteiger partial charge in [0.1, 0.15) is 19.3 Å². The van der Waals surface area contributed by atoms with Crippen molar-refractivity contribution < 1.29 is 80.2 Å². The number of carbonyl (C=O) groups is 4. The van der Waals surface area contributed by atoms with Crippen LogP contribution in [0.5, 0.6) is 0 Å². The van der Waals surface area contributed by atoms with Crippen molar-refractivity contribution in [1.82, 2.24) is 0 Å². The third-order valence-electron chi connectivity index (χ3n) is 20.6. The van der Waals surface area contributed by atoms with Crippen LogP contribution in [0.15, 0.2) is 0 Å². The second-order valence-corrected chi connectivity index (χ2v) is 34.6. The van der Waals surface area contributed by atoms with Crippen molar-refractivity contribution in [3.8, 4) is 0 Å². The molecule has 6 atom stereocenters. The van der Waals surface area contributed by atoms with E-state index in [1.54, 1.807) is 0 Å². The fourth-order valence-electron chi connectivity index (χ4n) is 13.4. The van der Waals surface area contributed by atoms with Crippen LogP contribution in [0, 0.1) is 11.8 Å². The molecule has 0 fully saturated rings. The Morgan fingerprint density at radius 3 is 0.724 bits per heavy atom. The van der Waals surface area contributed by atoms with Crippen molar-refractivity contribution in [2.75, 3.05) is 39.6 Å². The van der Waals surface area contributed by atoms with Gasteiger partial charge in [-0.3, -0.25) is 37.3 Å². The zero-order chi connectivity index (χ0) is 77.1. The van der Waals surface area contributed by atoms with Crippen molar-refractivity contribution in [1.29, 1.82) is 0 Å². The Kier molecular flexibility index (Phi) is 76.0. The summed E-state index contributed by atoms with van der Waals surface area (Å²) in [6.45, 7) is 9.68. The normalized spacial score (nSPS) is 14.1. The molecule has 3 unspecified atom stereocenters. The minimum absolute atomic E-state index is 0.107. The van der Waals surface area contributed by atoms with E-state index < -0.39 is 97.5 Å². The highest BCUT2D eigenvalue weighted by molar-refractivity contribution is 7.47. The Bertz CT molecular complexity index is 2010. The van der Waals surface area contributed by atoms with Crippen LogP contribution in [0.4, 0.5) is 0 Å². The van der Waals surface area contributed by atoms with Gasteiger partial charge in [-0.25, -0.2) is 9.13 Å². The van der Waals surface area contributed by atoms with Gasteiger partial charge in [-0.05, 0) is 37.5 Å². The fraction of sp³-hybridized carbons (Fsp3) is 0.953. The molecular weight excluding hydrogens is 1370 g/mol. The van der Waals surface area contributed by atoms with Crippen molar-refractivity contribution in [2.24, 2.45) is 11.8 Å². The molecule has 0 saturated heterocycles. The molecule has 0 spiro atoms. The third-order valence-corrected chi connectivity index (χ3v) is 22.5. The number of aliphatic hydroxyl groups is 1. The molecule has 0 aliphatic heterocycles. The van der Waals surface area contributed by atoms with E-state index in [2.05, 4.69) is 41.5 Å². The topological polar surface area (TPSA) is 237 Å². The maximum absolute atomic E-state index is 13.1. The summed E-state index contributed by atoms with van der Waals surface area (Å²) >= 11 is 0. The molecule has 0 aromatic rings. The van der Waals surface area contributed by atoms with Crippen LogP contribution in [0.1, 0.15) is 459 Å². The van der Waals surface area contributed by atoms with E-state index in [1.807, 2.05) is 0 Å². The van der Waals surface area contributed by atoms with Crippen LogP contribution < -0.4 is 0 Å². The van der Waals surface area contributed by atoms with Crippen molar-refractivity contribution >= 4 is 39.5 Å². The summed E-state index contributed by atoms with van der Waals surface area (Å²) in [5, 5.41) is 10.7. The lowest BCUT2D eigenvalue weighted by Gasteiger charge is -2.21. The maximum atomic E-state index is 13.1. The Hall–Kier alpha value is -1.94. The van der Waals surface area contributed by atoms with Gasteiger partial charge < -0.3 is 33.8 Å². The van der Waals surface area contributed by atoms with E-state index in [1.165, 1.54) is 270 Å². The smallest absolute Gasteiger partial charge is 0.462 e. The molecule has 624 valence electrons. The first-order valence-electron chi connectivity index (χ1n) is 44.5. The summed E-state index contributed by atoms with van der Waals surface area (Å²) in [6, 6.07) is 0. The monoisotopic (exact) mass is 1540 g/mol. The summed E-state index contributed by atoms with van der Waals surface area (Å²) in [5.74, 6) is -0.527. The Labute approximate surface area is 645 Å². The van der Waals surface area contributed by atoms with E-state index in [-0.39, 0.29) is 25.7 Å². The van der Waals surface area contributed by atoms with E-state index >= 15 is 0 Å². The lowest BCUT2D eigenvalue weighted by atomic mass is 9.99. The number of aliphatic hydroxyl groups excluding tert-OH is 1. The standard InChI is InChI=1S/C86H168O17P2/c1-7-10-12-14-16-18-20-22-23-24-25-26-30-33-37-40-44-50-56-62-68-83(88)96-74-81(102-86(91)71-65-59-52-46-42-38-34-31-28-27-29-32-36-39-43-49-55-61-67-79(6)9-3)76-100-104(92,93)98-72-80(87)73-99-105(94,95)101-77-82(75-97-84(89)69-63-57-53-47-48-54-60-66-78(4)5)103-85(90)70-64-58-51-45-41-35-21-19-17-15-13-11-8-2/h78-82,87H,7-77H2,1-6H3,(H,92,93)(H,94,95)/t79?,80-,81-,82-/m1/s1. The lowest BCUT2D eigenvalue weighted by molar-refractivity contribution is -0.161. The molecule has 0 radical (unpaired) electrons. The van der Waals surface area contributed by atoms with E-state index in [4.69, 9.17) is 37.0 Å². The van der Waals surface area contributed by atoms with Crippen LogP contribution in [0.3, 0.4) is 0 Å². The quantitative estimate of drug-likeness (QED) is 0.0222. The van der Waals surface area contributed by atoms with Gasteiger partial charge in [0.05, 0.1) is 26.4 Å². The summed E-state index contributed by atoms with van der Waals surface area (Å²) in [4.78, 5) is 73.2. The zero-order valence-corrected chi connectivity index (χ0v) is 70.8. The average Bonchev–Trinajstić information content (AvgIpc) is 0.935. The predicted molar refractivity (Wildman–Crippen MR) is 432 cm³/mol. The highest BCUT2D eigenvalue weighted by Gasteiger charge is 2.30. The van der Waals surface area contributed by atoms with Crippen molar-refractivity contribution in [3.63, 3.8) is 0 Å². The summed E-state index contributed by atoms with van der Waals surface area (Å²) < 4.78 is 68.8. The molecule has 19 heteroatoms. The zero-order valence-electron chi connectivity index (χ0n) is 69.0. The number of unbranched alkanes of at least 4 members (excludes halogenated alkanes) is 54. The van der Waals surface area contributed by atoms with Gasteiger partial charge in [0.15, 0.2) is 12.2 Å². The van der Waals surface area contributed by atoms with Gasteiger partial charge in [-0.2, -0.15) is 0 Å². The van der Waals surface area contributed by atoms with Crippen LogP contribution in [-0.2, 0) is 65.4 Å². The van der Waals surface area contributed by atoms with Gasteiger partial charge in [0.2, 0.25) is 0 Å². The summed E-state index contributed by atoms with van der Waals surface area (Å²) in [5.41, 5.74) is 0. The van der Waals surface area contributed by atoms with Crippen LogP contribution >= 0.6 is 15.6 Å². The number of rotatable bonds is 85.